The zero-order valence-electron chi connectivity index (χ0n) is 15.9. The zero-order chi connectivity index (χ0) is 20.3. The van der Waals surface area contributed by atoms with Crippen molar-refractivity contribution in [1.82, 2.24) is 4.98 Å². The zero-order valence-corrected chi connectivity index (χ0v) is 15.9. The summed E-state index contributed by atoms with van der Waals surface area (Å²) < 4.78 is 42.3. The highest BCUT2D eigenvalue weighted by atomic mass is 19.4. The summed E-state index contributed by atoms with van der Waals surface area (Å²) >= 11 is 0. The van der Waals surface area contributed by atoms with Crippen molar-refractivity contribution < 1.29 is 17.9 Å². The number of rotatable bonds is 6. The van der Waals surface area contributed by atoms with E-state index in [2.05, 4.69) is 26.9 Å². The molecular formula is C21H22F3N3O. The Kier molecular flexibility index (Phi) is 5.63. The van der Waals surface area contributed by atoms with E-state index in [9.17, 15) is 13.2 Å². The normalized spacial score (nSPS) is 12.6. The summed E-state index contributed by atoms with van der Waals surface area (Å²) in [5.74, 6) is -0.300. The van der Waals surface area contributed by atoms with Crippen LogP contribution in [0.3, 0.4) is 0 Å². The van der Waals surface area contributed by atoms with Crippen molar-refractivity contribution >= 4 is 22.3 Å². The summed E-state index contributed by atoms with van der Waals surface area (Å²) in [6.45, 7) is 4.43. The van der Waals surface area contributed by atoms with Gasteiger partial charge in [0.05, 0.1) is 0 Å². The van der Waals surface area contributed by atoms with Gasteiger partial charge >= 0.3 is 6.36 Å². The topological polar surface area (TPSA) is 37.4 Å². The van der Waals surface area contributed by atoms with E-state index in [-0.39, 0.29) is 17.3 Å². The lowest BCUT2D eigenvalue weighted by Crippen LogP contribution is -2.34. The van der Waals surface area contributed by atoms with Gasteiger partial charge in [-0.25, -0.2) is 4.98 Å². The first-order valence-corrected chi connectivity index (χ1v) is 8.92. The number of aromatic nitrogens is 1. The molecule has 2 aromatic carbocycles. The number of benzene rings is 2. The number of halogens is 3. The first-order chi connectivity index (χ1) is 13.2. The highest BCUT2D eigenvalue weighted by Crippen LogP contribution is 2.33. The average molecular weight is 389 g/mol. The monoisotopic (exact) mass is 389 g/mol. The van der Waals surface area contributed by atoms with Crippen LogP contribution >= 0.6 is 0 Å². The number of ether oxygens (including phenoxy) is 1. The van der Waals surface area contributed by atoms with Crippen molar-refractivity contribution in [2.45, 2.75) is 26.3 Å². The number of nitrogens with zero attached hydrogens (tertiary/aromatic N) is 2. The van der Waals surface area contributed by atoms with Crippen LogP contribution in [0.5, 0.6) is 5.75 Å². The molecule has 0 saturated carbocycles. The molecule has 1 aromatic heterocycles. The molecule has 1 atom stereocenters. The fourth-order valence-corrected chi connectivity index (χ4v) is 3.02. The molecule has 0 aliphatic rings. The van der Waals surface area contributed by atoms with Gasteiger partial charge in [0.15, 0.2) is 5.75 Å². The third kappa shape index (κ3) is 4.65. The van der Waals surface area contributed by atoms with Crippen LogP contribution < -0.4 is 15.0 Å². The van der Waals surface area contributed by atoms with E-state index in [0.717, 1.165) is 11.4 Å². The lowest BCUT2D eigenvalue weighted by Gasteiger charge is -2.28. The number of hydrogen-bond acceptors (Lipinski definition) is 4. The van der Waals surface area contributed by atoms with Crippen LogP contribution in [0.4, 0.5) is 24.5 Å². The molecule has 7 heteroatoms. The Morgan fingerprint density at radius 2 is 1.82 bits per heavy atom. The lowest BCUT2D eigenvalue weighted by atomic mass is 10.1. The minimum Gasteiger partial charge on any atom is -0.403 e. The van der Waals surface area contributed by atoms with Crippen molar-refractivity contribution in [3.8, 4) is 5.75 Å². The summed E-state index contributed by atoms with van der Waals surface area (Å²) in [7, 11) is 2.01. The lowest BCUT2D eigenvalue weighted by molar-refractivity contribution is -0.274. The molecule has 0 spiro atoms. The Morgan fingerprint density at radius 1 is 1.11 bits per heavy atom. The second kappa shape index (κ2) is 7.96. The quantitative estimate of drug-likeness (QED) is 0.614. The van der Waals surface area contributed by atoms with Crippen LogP contribution in [0.2, 0.25) is 0 Å². The number of nitrogens with one attached hydrogen (secondary N) is 1. The molecule has 148 valence electrons. The van der Waals surface area contributed by atoms with Gasteiger partial charge in [0, 0.05) is 42.1 Å². The van der Waals surface area contributed by atoms with Crippen LogP contribution in [0.25, 0.3) is 10.9 Å². The summed E-state index contributed by atoms with van der Waals surface area (Å²) in [5, 5.41) is 3.94. The van der Waals surface area contributed by atoms with Crippen LogP contribution in [0.15, 0.2) is 54.6 Å². The van der Waals surface area contributed by atoms with Crippen LogP contribution in [-0.2, 0) is 0 Å². The Hall–Kier alpha value is -2.96. The van der Waals surface area contributed by atoms with E-state index in [4.69, 9.17) is 0 Å². The number of hydrogen-bond donors (Lipinski definition) is 1. The fraction of sp³-hybridized carbons (Fsp3) is 0.286. The van der Waals surface area contributed by atoms with E-state index in [1.165, 1.54) is 12.1 Å². The standard InChI is InChI=1S/C21H22F3N3O/c1-14-12-18(25-13-15(2)27(3)16-8-5-4-6-9-16)17-10-7-11-19(20(17)26-14)28-21(22,23)24/h4-12,15H,13H2,1-3H3,(H,25,26). The van der Waals surface area contributed by atoms with Crippen LogP contribution in [-0.4, -0.2) is 31.0 Å². The van der Waals surface area contributed by atoms with Crippen molar-refractivity contribution in [3.63, 3.8) is 0 Å². The van der Waals surface area contributed by atoms with Crippen molar-refractivity contribution in [3.05, 3.63) is 60.3 Å². The first kappa shape index (κ1) is 19.8. The average Bonchev–Trinajstić information content (AvgIpc) is 2.65. The molecule has 0 amide bonds. The highest BCUT2D eigenvalue weighted by molar-refractivity contribution is 5.95. The van der Waals surface area contributed by atoms with Crippen LogP contribution in [0.1, 0.15) is 12.6 Å². The molecular weight excluding hydrogens is 367 g/mol. The van der Waals surface area contributed by atoms with E-state index in [0.29, 0.717) is 17.6 Å². The molecule has 1 unspecified atom stereocenters. The predicted octanol–water partition coefficient (Wildman–Crippen LogP) is 5.38. The van der Waals surface area contributed by atoms with Crippen LogP contribution in [0, 0.1) is 6.92 Å². The van der Waals surface area contributed by atoms with Gasteiger partial charge in [-0.15, -0.1) is 13.2 Å². The van der Waals surface area contributed by atoms with Gasteiger partial charge in [-0.1, -0.05) is 30.3 Å². The smallest absolute Gasteiger partial charge is 0.403 e. The SMILES string of the molecule is Cc1cc(NCC(C)N(C)c2ccccc2)c2cccc(OC(F)(F)F)c2n1. The van der Waals surface area contributed by atoms with E-state index >= 15 is 0 Å². The molecule has 0 bridgehead atoms. The summed E-state index contributed by atoms with van der Waals surface area (Å²) in [6, 6.07) is 16.5. The second-order valence-corrected chi connectivity index (χ2v) is 6.69. The maximum atomic E-state index is 12.7. The molecule has 1 N–H and O–H groups in total. The van der Waals surface area contributed by atoms with E-state index in [1.54, 1.807) is 13.0 Å². The van der Waals surface area contributed by atoms with Crippen molar-refractivity contribution in [2.75, 3.05) is 23.8 Å². The minimum atomic E-state index is -4.76. The maximum absolute atomic E-state index is 12.7. The number of anilines is 2. The predicted molar refractivity (Wildman–Crippen MR) is 106 cm³/mol. The number of alkyl halides is 3. The third-order valence-corrected chi connectivity index (χ3v) is 4.57. The van der Waals surface area contributed by atoms with Gasteiger partial charge < -0.3 is 15.0 Å². The molecule has 0 saturated heterocycles. The number of likely N-dealkylation sites (N-methyl/N-ethyl adjacent to an activating group) is 1. The van der Waals surface area contributed by atoms with Crippen molar-refractivity contribution in [1.29, 1.82) is 0 Å². The molecule has 4 nitrogen and oxygen atoms in total. The van der Waals surface area contributed by atoms with Gasteiger partial charge in [0.1, 0.15) is 5.52 Å². The van der Waals surface area contributed by atoms with Gasteiger partial charge in [0.25, 0.3) is 0 Å². The number of fused-ring (bicyclic) bond motifs is 1. The molecule has 3 rings (SSSR count). The number of aryl methyl sites for hydroxylation is 1. The van der Waals surface area contributed by atoms with Gasteiger partial charge in [-0.2, -0.15) is 0 Å². The highest BCUT2D eigenvalue weighted by Gasteiger charge is 2.32. The van der Waals surface area contributed by atoms with E-state index < -0.39 is 6.36 Å². The molecule has 1 heterocycles. The van der Waals surface area contributed by atoms with Gasteiger partial charge in [-0.3, -0.25) is 0 Å². The molecule has 0 aliphatic heterocycles. The Labute approximate surface area is 161 Å². The molecule has 3 aromatic rings. The maximum Gasteiger partial charge on any atom is 0.573 e. The summed E-state index contributed by atoms with van der Waals surface area (Å²) in [5.41, 5.74) is 2.61. The Bertz CT molecular complexity index is 945. The summed E-state index contributed by atoms with van der Waals surface area (Å²) in [6.07, 6.45) is -4.76. The second-order valence-electron chi connectivity index (χ2n) is 6.69. The Morgan fingerprint density at radius 3 is 2.50 bits per heavy atom. The summed E-state index contributed by atoms with van der Waals surface area (Å²) in [4.78, 5) is 6.40. The fourth-order valence-electron chi connectivity index (χ4n) is 3.02. The largest absolute Gasteiger partial charge is 0.573 e. The van der Waals surface area contributed by atoms with Gasteiger partial charge in [-0.05, 0) is 38.1 Å². The number of para-hydroxylation sites is 2. The molecule has 28 heavy (non-hydrogen) atoms. The Balaban J connectivity index is 1.84. The van der Waals surface area contributed by atoms with Crippen molar-refractivity contribution in [2.24, 2.45) is 0 Å². The first-order valence-electron chi connectivity index (χ1n) is 8.92. The minimum absolute atomic E-state index is 0.153. The van der Waals surface area contributed by atoms with Gasteiger partial charge in [0.2, 0.25) is 0 Å². The van der Waals surface area contributed by atoms with E-state index in [1.807, 2.05) is 43.4 Å². The molecule has 0 aliphatic carbocycles. The molecule has 0 radical (unpaired) electrons. The number of pyridine rings is 1. The molecule has 0 fully saturated rings. The third-order valence-electron chi connectivity index (χ3n) is 4.57.